The second kappa shape index (κ2) is 10.2. The molecule has 1 amide bonds. The first-order chi connectivity index (χ1) is 13.7. The Hall–Kier alpha value is -2.44. The Morgan fingerprint density at radius 1 is 1.21 bits per heavy atom. The topological polar surface area (TPSA) is 57.7 Å². The van der Waals surface area contributed by atoms with Crippen LogP contribution in [-0.2, 0) is 0 Å². The summed E-state index contributed by atoms with van der Waals surface area (Å²) in [6.45, 7) is 7.11. The molecule has 0 saturated carbocycles. The van der Waals surface area contributed by atoms with Gasteiger partial charge in [0.05, 0.1) is 6.61 Å². The number of piperazine rings is 1. The SMILES string of the molecule is CCOc1ncccc1C(=O)NCCCN1CCN(C)CC1c1ccccc1. The van der Waals surface area contributed by atoms with Crippen molar-refractivity contribution < 1.29 is 9.53 Å². The number of pyridine rings is 1. The molecule has 0 spiro atoms. The van der Waals surface area contributed by atoms with Gasteiger partial charge < -0.3 is 15.0 Å². The highest BCUT2D eigenvalue weighted by Crippen LogP contribution is 2.24. The van der Waals surface area contributed by atoms with Crippen molar-refractivity contribution in [2.75, 3.05) is 46.4 Å². The Morgan fingerprint density at radius 3 is 2.82 bits per heavy atom. The monoisotopic (exact) mass is 382 g/mol. The molecule has 1 aromatic carbocycles. The van der Waals surface area contributed by atoms with Crippen LogP contribution < -0.4 is 10.1 Å². The number of benzene rings is 1. The maximum absolute atomic E-state index is 12.5. The van der Waals surface area contributed by atoms with E-state index in [0.717, 1.165) is 32.6 Å². The molecular weight excluding hydrogens is 352 g/mol. The van der Waals surface area contributed by atoms with Crippen LogP contribution in [-0.4, -0.2) is 67.1 Å². The predicted molar refractivity (Wildman–Crippen MR) is 111 cm³/mol. The molecule has 1 aliphatic rings. The molecule has 28 heavy (non-hydrogen) atoms. The van der Waals surface area contributed by atoms with Crippen LogP contribution in [0.4, 0.5) is 0 Å². The maximum atomic E-state index is 12.5. The second-order valence-electron chi connectivity index (χ2n) is 7.12. The van der Waals surface area contributed by atoms with E-state index in [1.807, 2.05) is 6.92 Å². The van der Waals surface area contributed by atoms with Gasteiger partial charge in [-0.2, -0.15) is 0 Å². The van der Waals surface area contributed by atoms with Gasteiger partial charge in [-0.05, 0) is 38.1 Å². The van der Waals surface area contributed by atoms with Gasteiger partial charge >= 0.3 is 0 Å². The number of amides is 1. The molecule has 2 aromatic rings. The van der Waals surface area contributed by atoms with E-state index in [0.29, 0.717) is 30.6 Å². The van der Waals surface area contributed by atoms with Crippen molar-refractivity contribution in [2.45, 2.75) is 19.4 Å². The van der Waals surface area contributed by atoms with Crippen LogP contribution in [0.3, 0.4) is 0 Å². The van der Waals surface area contributed by atoms with Crippen LogP contribution in [0.5, 0.6) is 5.88 Å². The molecule has 2 heterocycles. The summed E-state index contributed by atoms with van der Waals surface area (Å²) in [6, 6.07) is 14.6. The minimum atomic E-state index is -0.130. The summed E-state index contributed by atoms with van der Waals surface area (Å²) in [4.78, 5) is 21.5. The number of likely N-dealkylation sites (N-methyl/N-ethyl adjacent to an activating group) is 1. The zero-order valence-electron chi connectivity index (χ0n) is 16.8. The Bertz CT molecular complexity index is 753. The molecule has 1 aliphatic heterocycles. The number of carbonyl (C=O) groups excluding carboxylic acids is 1. The van der Waals surface area contributed by atoms with Crippen LogP contribution in [0.25, 0.3) is 0 Å². The Kier molecular flexibility index (Phi) is 7.39. The van der Waals surface area contributed by atoms with Gasteiger partial charge in [-0.25, -0.2) is 4.98 Å². The summed E-state index contributed by atoms with van der Waals surface area (Å²) in [5.74, 6) is 0.264. The Labute approximate surface area is 167 Å². The van der Waals surface area contributed by atoms with Gasteiger partial charge in [0.25, 0.3) is 5.91 Å². The molecule has 3 rings (SSSR count). The Balaban J connectivity index is 1.52. The van der Waals surface area contributed by atoms with Crippen molar-refractivity contribution in [3.8, 4) is 5.88 Å². The van der Waals surface area contributed by atoms with Gasteiger partial charge in [-0.15, -0.1) is 0 Å². The highest BCUT2D eigenvalue weighted by molar-refractivity contribution is 5.96. The lowest BCUT2D eigenvalue weighted by Crippen LogP contribution is -2.47. The zero-order chi connectivity index (χ0) is 19.8. The third kappa shape index (κ3) is 5.30. The molecule has 1 saturated heterocycles. The smallest absolute Gasteiger partial charge is 0.256 e. The molecular formula is C22H30N4O2. The number of hydrogen-bond donors (Lipinski definition) is 1. The fourth-order valence-electron chi connectivity index (χ4n) is 3.61. The first-order valence-corrected chi connectivity index (χ1v) is 10.0. The maximum Gasteiger partial charge on any atom is 0.256 e. The first kappa shape index (κ1) is 20.3. The average molecular weight is 383 g/mol. The average Bonchev–Trinajstić information content (AvgIpc) is 2.73. The lowest BCUT2D eigenvalue weighted by atomic mass is 10.0. The van der Waals surface area contributed by atoms with E-state index in [-0.39, 0.29) is 5.91 Å². The van der Waals surface area contributed by atoms with Crippen molar-refractivity contribution in [3.63, 3.8) is 0 Å². The highest BCUT2D eigenvalue weighted by Gasteiger charge is 2.26. The van der Waals surface area contributed by atoms with E-state index in [4.69, 9.17) is 4.74 Å². The summed E-state index contributed by atoms with van der Waals surface area (Å²) < 4.78 is 5.45. The van der Waals surface area contributed by atoms with Crippen LogP contribution in [0.1, 0.15) is 35.3 Å². The van der Waals surface area contributed by atoms with Gasteiger partial charge in [0.15, 0.2) is 0 Å². The summed E-state index contributed by atoms with van der Waals surface area (Å²) in [5.41, 5.74) is 1.85. The molecule has 1 atom stereocenters. The zero-order valence-corrected chi connectivity index (χ0v) is 16.8. The third-order valence-electron chi connectivity index (χ3n) is 5.08. The minimum absolute atomic E-state index is 0.130. The Morgan fingerprint density at radius 2 is 2.04 bits per heavy atom. The molecule has 0 aliphatic carbocycles. The number of nitrogens with zero attached hydrogens (tertiary/aromatic N) is 3. The molecule has 6 nitrogen and oxygen atoms in total. The van der Waals surface area contributed by atoms with Gasteiger partial charge in [-0.3, -0.25) is 9.69 Å². The summed E-state index contributed by atoms with van der Waals surface area (Å²) >= 11 is 0. The van der Waals surface area contributed by atoms with Gasteiger partial charge in [-0.1, -0.05) is 30.3 Å². The second-order valence-corrected chi connectivity index (χ2v) is 7.12. The molecule has 1 fully saturated rings. The molecule has 1 aromatic heterocycles. The van der Waals surface area contributed by atoms with Crippen molar-refractivity contribution in [3.05, 3.63) is 59.8 Å². The third-order valence-corrected chi connectivity index (χ3v) is 5.08. The lowest BCUT2D eigenvalue weighted by molar-refractivity contribution is 0.0864. The van der Waals surface area contributed by atoms with Gasteiger partial charge in [0.2, 0.25) is 5.88 Å². The number of ether oxygens (including phenoxy) is 1. The highest BCUT2D eigenvalue weighted by atomic mass is 16.5. The number of aromatic nitrogens is 1. The van der Waals surface area contributed by atoms with Crippen molar-refractivity contribution in [2.24, 2.45) is 0 Å². The molecule has 6 heteroatoms. The van der Waals surface area contributed by atoms with Crippen molar-refractivity contribution in [1.29, 1.82) is 0 Å². The molecule has 150 valence electrons. The fraction of sp³-hybridized carbons (Fsp3) is 0.455. The van der Waals surface area contributed by atoms with E-state index >= 15 is 0 Å². The first-order valence-electron chi connectivity index (χ1n) is 10.0. The molecule has 1 N–H and O–H groups in total. The van der Waals surface area contributed by atoms with E-state index < -0.39 is 0 Å². The molecule has 0 radical (unpaired) electrons. The number of carbonyl (C=O) groups is 1. The predicted octanol–water partition coefficient (Wildman–Crippen LogP) is 2.59. The van der Waals surface area contributed by atoms with E-state index in [1.165, 1.54) is 5.56 Å². The lowest BCUT2D eigenvalue weighted by Gasteiger charge is -2.40. The van der Waals surface area contributed by atoms with E-state index in [9.17, 15) is 4.79 Å². The van der Waals surface area contributed by atoms with Crippen molar-refractivity contribution in [1.82, 2.24) is 20.1 Å². The fourth-order valence-corrected chi connectivity index (χ4v) is 3.61. The van der Waals surface area contributed by atoms with E-state index in [2.05, 4.69) is 57.5 Å². The standard InChI is InChI=1S/C22H30N4O2/c1-3-28-22-19(11-7-12-24-22)21(27)23-13-8-14-26-16-15-25(2)17-20(26)18-9-5-4-6-10-18/h4-7,9-12,20H,3,8,13-17H2,1-2H3,(H,23,27). The number of nitrogens with one attached hydrogen (secondary N) is 1. The van der Waals surface area contributed by atoms with Crippen LogP contribution in [0.15, 0.2) is 48.7 Å². The van der Waals surface area contributed by atoms with Crippen molar-refractivity contribution >= 4 is 5.91 Å². The quantitative estimate of drug-likeness (QED) is 0.711. The number of hydrogen-bond acceptors (Lipinski definition) is 5. The van der Waals surface area contributed by atoms with Crippen LogP contribution >= 0.6 is 0 Å². The summed E-state index contributed by atoms with van der Waals surface area (Å²) in [5, 5.41) is 3.00. The van der Waals surface area contributed by atoms with Gasteiger partial charge in [0, 0.05) is 45.0 Å². The number of rotatable bonds is 8. The largest absolute Gasteiger partial charge is 0.477 e. The summed E-state index contributed by atoms with van der Waals surface area (Å²) in [7, 11) is 2.18. The minimum Gasteiger partial charge on any atom is -0.477 e. The normalized spacial score (nSPS) is 18.0. The van der Waals surface area contributed by atoms with E-state index in [1.54, 1.807) is 18.3 Å². The summed E-state index contributed by atoms with van der Waals surface area (Å²) in [6.07, 6.45) is 2.54. The van der Waals surface area contributed by atoms with Crippen LogP contribution in [0, 0.1) is 0 Å². The molecule has 1 unspecified atom stereocenters. The molecule has 0 bridgehead atoms. The van der Waals surface area contributed by atoms with Gasteiger partial charge in [0.1, 0.15) is 5.56 Å². The van der Waals surface area contributed by atoms with Crippen LogP contribution in [0.2, 0.25) is 0 Å².